The summed E-state index contributed by atoms with van der Waals surface area (Å²) in [5.74, 6) is -0.520. The van der Waals surface area contributed by atoms with Crippen LogP contribution in [0.1, 0.15) is 57.3 Å². The molecule has 0 heterocycles. The molecule has 0 radical (unpaired) electrons. The standard InChI is InChI=1S/C18H27FN2O3S/c1-11(2)21-25(23,24)16-10-14(8-9-15(16)19)18(22)20-17-12(3)6-5-7-13(17)4/h8-13,17,21H,5-7H2,1-4H3,(H,20,22). The molecule has 140 valence electrons. The number of rotatable bonds is 5. The predicted octanol–water partition coefficient (Wildman–Crippen LogP) is 3.07. The highest BCUT2D eigenvalue weighted by molar-refractivity contribution is 7.89. The zero-order valence-corrected chi connectivity index (χ0v) is 16.0. The van der Waals surface area contributed by atoms with Gasteiger partial charge in [0, 0.05) is 17.6 Å². The van der Waals surface area contributed by atoms with Gasteiger partial charge in [-0.1, -0.05) is 20.3 Å². The number of sulfonamides is 1. The van der Waals surface area contributed by atoms with E-state index in [1.54, 1.807) is 13.8 Å². The molecule has 2 atom stereocenters. The molecular weight excluding hydrogens is 343 g/mol. The summed E-state index contributed by atoms with van der Waals surface area (Å²) in [5, 5.41) is 3.00. The quantitative estimate of drug-likeness (QED) is 0.836. The third-order valence-electron chi connectivity index (χ3n) is 4.72. The molecule has 7 heteroatoms. The Balaban J connectivity index is 2.25. The molecule has 5 nitrogen and oxygen atoms in total. The van der Waals surface area contributed by atoms with Crippen LogP contribution < -0.4 is 10.0 Å². The second-order valence-electron chi connectivity index (χ2n) is 7.31. The van der Waals surface area contributed by atoms with Gasteiger partial charge in [0.2, 0.25) is 10.0 Å². The molecule has 0 aromatic heterocycles. The normalized spacial score (nSPS) is 24.3. The first kappa shape index (κ1) is 19.8. The Morgan fingerprint density at radius 2 is 1.80 bits per heavy atom. The summed E-state index contributed by atoms with van der Waals surface area (Å²) in [6.45, 7) is 7.51. The van der Waals surface area contributed by atoms with E-state index in [0.717, 1.165) is 31.4 Å². The molecule has 25 heavy (non-hydrogen) atoms. The third-order valence-corrected chi connectivity index (χ3v) is 6.39. The number of hydrogen-bond acceptors (Lipinski definition) is 3. The number of hydrogen-bond donors (Lipinski definition) is 2. The Kier molecular flexibility index (Phi) is 6.21. The molecule has 1 aliphatic rings. The van der Waals surface area contributed by atoms with Crippen LogP contribution in [0.4, 0.5) is 4.39 Å². The fourth-order valence-electron chi connectivity index (χ4n) is 3.43. The van der Waals surface area contributed by atoms with Crippen LogP contribution in [-0.4, -0.2) is 26.4 Å². The first-order valence-corrected chi connectivity index (χ1v) is 10.2. The maximum Gasteiger partial charge on any atom is 0.251 e. The van der Waals surface area contributed by atoms with Gasteiger partial charge >= 0.3 is 0 Å². The van der Waals surface area contributed by atoms with Gasteiger partial charge in [-0.05, 0) is 56.7 Å². The number of nitrogens with one attached hydrogen (secondary N) is 2. The SMILES string of the molecule is CC(C)NS(=O)(=O)c1cc(C(=O)NC2C(C)CCCC2C)ccc1F. The minimum absolute atomic E-state index is 0.0418. The van der Waals surface area contributed by atoms with E-state index in [1.165, 1.54) is 6.07 Å². The second kappa shape index (κ2) is 7.83. The van der Waals surface area contributed by atoms with Crippen molar-refractivity contribution in [2.75, 3.05) is 0 Å². The highest BCUT2D eigenvalue weighted by atomic mass is 32.2. The van der Waals surface area contributed by atoms with Gasteiger partial charge in [0.25, 0.3) is 5.91 Å². The van der Waals surface area contributed by atoms with E-state index in [-0.39, 0.29) is 23.6 Å². The Morgan fingerprint density at radius 1 is 1.20 bits per heavy atom. The molecule has 0 bridgehead atoms. The zero-order valence-electron chi connectivity index (χ0n) is 15.2. The predicted molar refractivity (Wildman–Crippen MR) is 95.3 cm³/mol. The Hall–Kier alpha value is -1.47. The van der Waals surface area contributed by atoms with E-state index < -0.39 is 20.7 Å². The van der Waals surface area contributed by atoms with Crippen LogP contribution in [0.25, 0.3) is 0 Å². The highest BCUT2D eigenvalue weighted by Crippen LogP contribution is 2.29. The number of halogens is 1. The summed E-state index contributed by atoms with van der Waals surface area (Å²) in [4.78, 5) is 12.1. The Labute approximate surface area is 149 Å². The number of amides is 1. The number of benzene rings is 1. The fraction of sp³-hybridized carbons (Fsp3) is 0.611. The number of carbonyl (C=O) groups excluding carboxylic acids is 1. The summed E-state index contributed by atoms with van der Waals surface area (Å²) >= 11 is 0. The van der Waals surface area contributed by atoms with E-state index in [4.69, 9.17) is 0 Å². The second-order valence-corrected chi connectivity index (χ2v) is 8.99. The molecule has 1 aromatic carbocycles. The van der Waals surface area contributed by atoms with Crippen LogP contribution >= 0.6 is 0 Å². The van der Waals surface area contributed by atoms with Gasteiger partial charge in [-0.15, -0.1) is 0 Å². The van der Waals surface area contributed by atoms with Crippen molar-refractivity contribution in [3.8, 4) is 0 Å². The van der Waals surface area contributed by atoms with Gasteiger partial charge in [-0.3, -0.25) is 4.79 Å². The summed E-state index contributed by atoms with van der Waals surface area (Å²) in [7, 11) is -4.01. The molecule has 1 aromatic rings. The van der Waals surface area contributed by atoms with Gasteiger partial charge in [0.15, 0.2) is 0 Å². The Morgan fingerprint density at radius 3 is 2.36 bits per heavy atom. The summed E-state index contributed by atoms with van der Waals surface area (Å²) in [5.41, 5.74) is 0.149. The smallest absolute Gasteiger partial charge is 0.251 e. The van der Waals surface area contributed by atoms with E-state index in [0.29, 0.717) is 11.8 Å². The minimum atomic E-state index is -4.01. The monoisotopic (exact) mass is 370 g/mol. The van der Waals surface area contributed by atoms with Gasteiger partial charge in [-0.25, -0.2) is 17.5 Å². The largest absolute Gasteiger partial charge is 0.349 e. The van der Waals surface area contributed by atoms with Crippen LogP contribution in [-0.2, 0) is 10.0 Å². The molecule has 0 spiro atoms. The Bertz CT molecular complexity index is 724. The van der Waals surface area contributed by atoms with Crippen molar-refractivity contribution >= 4 is 15.9 Å². The fourth-order valence-corrected chi connectivity index (χ4v) is 4.78. The molecule has 2 N–H and O–H groups in total. The summed E-state index contributed by atoms with van der Waals surface area (Å²) < 4.78 is 40.8. The molecule has 0 aliphatic heterocycles. The van der Waals surface area contributed by atoms with E-state index in [2.05, 4.69) is 23.9 Å². The van der Waals surface area contributed by atoms with Gasteiger partial charge in [0.05, 0.1) is 0 Å². The van der Waals surface area contributed by atoms with Crippen LogP contribution in [0.15, 0.2) is 23.1 Å². The topological polar surface area (TPSA) is 75.3 Å². The van der Waals surface area contributed by atoms with Crippen molar-refractivity contribution in [3.63, 3.8) is 0 Å². The van der Waals surface area contributed by atoms with E-state index in [1.807, 2.05) is 0 Å². The van der Waals surface area contributed by atoms with Crippen LogP contribution in [0, 0.1) is 17.7 Å². The molecular formula is C18H27FN2O3S. The van der Waals surface area contributed by atoms with Crippen molar-refractivity contribution in [2.45, 2.75) is 63.9 Å². The van der Waals surface area contributed by atoms with Crippen molar-refractivity contribution in [1.82, 2.24) is 10.0 Å². The molecule has 2 unspecified atom stereocenters. The molecule has 0 saturated heterocycles. The highest BCUT2D eigenvalue weighted by Gasteiger charge is 2.30. The van der Waals surface area contributed by atoms with E-state index in [9.17, 15) is 17.6 Å². The lowest BCUT2D eigenvalue weighted by Gasteiger charge is -2.35. The molecule has 1 fully saturated rings. The number of carbonyl (C=O) groups is 1. The minimum Gasteiger partial charge on any atom is -0.349 e. The van der Waals surface area contributed by atoms with Crippen molar-refractivity contribution < 1.29 is 17.6 Å². The van der Waals surface area contributed by atoms with Crippen molar-refractivity contribution in [1.29, 1.82) is 0 Å². The maximum atomic E-state index is 14.0. The average Bonchev–Trinajstić information content (AvgIpc) is 2.50. The third kappa shape index (κ3) is 4.79. The van der Waals surface area contributed by atoms with Crippen LogP contribution in [0.3, 0.4) is 0 Å². The van der Waals surface area contributed by atoms with Gasteiger partial charge in [-0.2, -0.15) is 0 Å². The molecule has 1 saturated carbocycles. The van der Waals surface area contributed by atoms with Crippen LogP contribution in [0.5, 0.6) is 0 Å². The molecule has 1 aliphatic carbocycles. The summed E-state index contributed by atoms with van der Waals surface area (Å²) in [6.07, 6.45) is 3.25. The van der Waals surface area contributed by atoms with Crippen molar-refractivity contribution in [2.24, 2.45) is 11.8 Å². The lowest BCUT2D eigenvalue weighted by molar-refractivity contribution is 0.0880. The zero-order chi connectivity index (χ0) is 18.8. The summed E-state index contributed by atoms with van der Waals surface area (Å²) in [6, 6.07) is 3.12. The van der Waals surface area contributed by atoms with E-state index >= 15 is 0 Å². The molecule has 2 rings (SSSR count). The molecule has 1 amide bonds. The lowest BCUT2D eigenvalue weighted by Crippen LogP contribution is -2.45. The maximum absolute atomic E-state index is 14.0. The van der Waals surface area contributed by atoms with Crippen molar-refractivity contribution in [3.05, 3.63) is 29.6 Å². The van der Waals surface area contributed by atoms with Gasteiger partial charge < -0.3 is 5.32 Å². The first-order valence-electron chi connectivity index (χ1n) is 8.74. The average molecular weight is 370 g/mol. The van der Waals surface area contributed by atoms with Crippen LogP contribution in [0.2, 0.25) is 0 Å². The van der Waals surface area contributed by atoms with Gasteiger partial charge in [0.1, 0.15) is 10.7 Å². The lowest BCUT2D eigenvalue weighted by atomic mass is 9.78. The first-order chi connectivity index (χ1) is 11.6.